The van der Waals surface area contributed by atoms with Crippen molar-refractivity contribution in [3.63, 3.8) is 0 Å². The van der Waals surface area contributed by atoms with E-state index in [9.17, 15) is 10.1 Å². The smallest absolute Gasteiger partial charge is 0.258 e. The number of rotatable bonds is 1. The molecular formula is C8H4INO2S2. The van der Waals surface area contributed by atoms with Gasteiger partial charge in [-0.1, -0.05) is 0 Å². The van der Waals surface area contributed by atoms with Crippen molar-refractivity contribution in [2.75, 3.05) is 0 Å². The molecule has 1 aromatic carbocycles. The maximum absolute atomic E-state index is 10.6. The molecule has 0 bridgehead atoms. The van der Waals surface area contributed by atoms with Crippen LogP contribution in [0.15, 0.2) is 22.4 Å². The number of thiophene rings is 1. The number of halogens is 1. The fraction of sp³-hybridized carbons (Fsp3) is 0. The Morgan fingerprint density at radius 3 is 2.86 bits per heavy atom. The minimum absolute atomic E-state index is 0.0686. The molecule has 0 amide bonds. The van der Waals surface area contributed by atoms with Crippen molar-refractivity contribution in [1.82, 2.24) is 0 Å². The summed E-state index contributed by atoms with van der Waals surface area (Å²) in [6.45, 7) is 0. The Labute approximate surface area is 103 Å². The molecule has 0 N–H and O–H groups in total. The Balaban J connectivity index is 2.82. The molecule has 2 rings (SSSR count). The molecule has 0 fully saturated rings. The molecule has 0 aliphatic rings. The number of nitrogens with zero attached hydrogens (tertiary/aromatic N) is 1. The zero-order valence-electron chi connectivity index (χ0n) is 6.73. The summed E-state index contributed by atoms with van der Waals surface area (Å²) in [6.07, 6.45) is 0. The van der Waals surface area contributed by atoms with E-state index >= 15 is 0 Å². The van der Waals surface area contributed by atoms with Gasteiger partial charge in [0.1, 0.15) is 0 Å². The Hall–Kier alpha value is -0.340. The van der Waals surface area contributed by atoms with Crippen LogP contribution in [0.1, 0.15) is 0 Å². The molecule has 72 valence electrons. The molecule has 2 aromatic rings. The molecule has 1 aromatic heterocycles. The van der Waals surface area contributed by atoms with Gasteiger partial charge in [-0.2, -0.15) is 0 Å². The molecule has 0 aliphatic carbocycles. The van der Waals surface area contributed by atoms with Crippen molar-refractivity contribution in [2.24, 2.45) is 0 Å². The van der Waals surface area contributed by atoms with E-state index in [1.54, 1.807) is 6.07 Å². The molecule has 6 heteroatoms. The van der Waals surface area contributed by atoms with Gasteiger partial charge >= 0.3 is 0 Å². The lowest BCUT2D eigenvalue weighted by atomic mass is 10.2. The molecule has 1 heterocycles. The molecule has 14 heavy (non-hydrogen) atoms. The Morgan fingerprint density at radius 2 is 2.21 bits per heavy atom. The standard InChI is InChI=1S/C8H4INO2S2/c9-5-3-14-8-4(5)1-2-6(7(8)13)10(11)12/h1-3,13H. The van der Waals surface area contributed by atoms with Gasteiger partial charge in [-0.3, -0.25) is 10.1 Å². The predicted molar refractivity (Wildman–Crippen MR) is 68.4 cm³/mol. The Kier molecular flexibility index (Phi) is 2.67. The first kappa shape index (κ1) is 10.2. The highest BCUT2D eigenvalue weighted by Crippen LogP contribution is 2.37. The highest BCUT2D eigenvalue weighted by molar-refractivity contribution is 14.1. The van der Waals surface area contributed by atoms with E-state index in [-0.39, 0.29) is 5.69 Å². The van der Waals surface area contributed by atoms with Crippen LogP contribution < -0.4 is 0 Å². The molecule has 3 nitrogen and oxygen atoms in total. The van der Waals surface area contributed by atoms with Gasteiger partial charge in [-0.25, -0.2) is 0 Å². The van der Waals surface area contributed by atoms with Gasteiger partial charge in [-0.05, 0) is 28.7 Å². The first-order chi connectivity index (χ1) is 6.61. The summed E-state index contributed by atoms with van der Waals surface area (Å²) in [4.78, 5) is 10.7. The van der Waals surface area contributed by atoms with E-state index in [4.69, 9.17) is 0 Å². The molecule has 0 spiro atoms. The predicted octanol–water partition coefficient (Wildman–Crippen LogP) is 3.70. The van der Waals surface area contributed by atoms with E-state index in [0.29, 0.717) is 4.90 Å². The van der Waals surface area contributed by atoms with Crippen molar-refractivity contribution in [3.8, 4) is 0 Å². The monoisotopic (exact) mass is 337 g/mol. The second-order valence-electron chi connectivity index (χ2n) is 2.65. The van der Waals surface area contributed by atoms with E-state index in [2.05, 4.69) is 35.2 Å². The van der Waals surface area contributed by atoms with Gasteiger partial charge in [0.25, 0.3) is 5.69 Å². The highest BCUT2D eigenvalue weighted by Gasteiger charge is 2.15. The van der Waals surface area contributed by atoms with Gasteiger partial charge in [0, 0.05) is 20.4 Å². The number of hydrogen-bond donors (Lipinski definition) is 1. The van der Waals surface area contributed by atoms with Gasteiger partial charge < -0.3 is 0 Å². The van der Waals surface area contributed by atoms with E-state index in [1.807, 2.05) is 5.38 Å². The largest absolute Gasteiger partial charge is 0.284 e. The third-order valence-corrected chi connectivity index (χ3v) is 4.78. The van der Waals surface area contributed by atoms with Crippen molar-refractivity contribution >= 4 is 62.3 Å². The lowest BCUT2D eigenvalue weighted by Crippen LogP contribution is -1.88. The van der Waals surface area contributed by atoms with Crippen LogP contribution >= 0.6 is 46.6 Å². The molecule has 0 atom stereocenters. The lowest BCUT2D eigenvalue weighted by molar-refractivity contribution is -0.387. The number of benzene rings is 1. The fourth-order valence-electron chi connectivity index (χ4n) is 1.19. The number of hydrogen-bond acceptors (Lipinski definition) is 4. The second-order valence-corrected chi connectivity index (χ2v) is 5.14. The van der Waals surface area contributed by atoms with Gasteiger partial charge in [-0.15, -0.1) is 24.0 Å². The summed E-state index contributed by atoms with van der Waals surface area (Å²) in [5, 5.41) is 13.6. The van der Waals surface area contributed by atoms with Crippen LogP contribution in [0.3, 0.4) is 0 Å². The topological polar surface area (TPSA) is 43.1 Å². The van der Waals surface area contributed by atoms with Crippen LogP contribution in [0.4, 0.5) is 5.69 Å². The van der Waals surface area contributed by atoms with Crippen molar-refractivity contribution in [3.05, 3.63) is 31.2 Å². The summed E-state index contributed by atoms with van der Waals surface area (Å²) in [5.41, 5.74) is 0.0686. The van der Waals surface area contributed by atoms with Crippen molar-refractivity contribution < 1.29 is 4.92 Å². The van der Waals surface area contributed by atoms with Crippen LogP contribution in [-0.2, 0) is 0 Å². The quantitative estimate of drug-likeness (QED) is 0.373. The van der Waals surface area contributed by atoms with Gasteiger partial charge in [0.05, 0.1) is 14.5 Å². The van der Waals surface area contributed by atoms with E-state index in [1.165, 1.54) is 17.4 Å². The summed E-state index contributed by atoms with van der Waals surface area (Å²) >= 11 is 7.87. The highest BCUT2D eigenvalue weighted by atomic mass is 127. The third-order valence-electron chi connectivity index (χ3n) is 1.84. The van der Waals surface area contributed by atoms with Crippen LogP contribution in [0.25, 0.3) is 10.1 Å². The van der Waals surface area contributed by atoms with E-state index < -0.39 is 4.92 Å². The van der Waals surface area contributed by atoms with Crippen LogP contribution in [0, 0.1) is 13.7 Å². The summed E-state index contributed by atoms with van der Waals surface area (Å²) in [6, 6.07) is 3.27. The summed E-state index contributed by atoms with van der Waals surface area (Å²) in [7, 11) is 0. The minimum Gasteiger partial charge on any atom is -0.258 e. The average Bonchev–Trinajstić information content (AvgIpc) is 2.49. The molecule has 0 aliphatic heterocycles. The Bertz CT molecular complexity index is 523. The number of thiol groups is 1. The Morgan fingerprint density at radius 1 is 1.50 bits per heavy atom. The van der Waals surface area contributed by atoms with Crippen molar-refractivity contribution in [1.29, 1.82) is 0 Å². The molecule has 0 unspecified atom stereocenters. The summed E-state index contributed by atoms with van der Waals surface area (Å²) in [5.74, 6) is 0. The average molecular weight is 337 g/mol. The molecule has 0 saturated heterocycles. The first-order valence-electron chi connectivity index (χ1n) is 3.64. The van der Waals surface area contributed by atoms with Crippen LogP contribution in [-0.4, -0.2) is 4.92 Å². The summed E-state index contributed by atoms with van der Waals surface area (Å²) < 4.78 is 1.99. The molecular weight excluding hydrogens is 333 g/mol. The zero-order chi connectivity index (χ0) is 10.3. The van der Waals surface area contributed by atoms with Crippen LogP contribution in [0.5, 0.6) is 0 Å². The number of fused-ring (bicyclic) bond motifs is 1. The zero-order valence-corrected chi connectivity index (χ0v) is 10.6. The van der Waals surface area contributed by atoms with Gasteiger partial charge in [0.15, 0.2) is 0 Å². The van der Waals surface area contributed by atoms with Gasteiger partial charge in [0.2, 0.25) is 0 Å². The maximum Gasteiger partial charge on any atom is 0.284 e. The maximum atomic E-state index is 10.6. The number of nitro benzene ring substituents is 1. The molecule has 0 radical (unpaired) electrons. The SMILES string of the molecule is O=[N+]([O-])c1ccc2c(I)csc2c1S. The second kappa shape index (κ2) is 3.67. The van der Waals surface area contributed by atoms with Crippen LogP contribution in [0.2, 0.25) is 0 Å². The normalized spacial score (nSPS) is 10.7. The minimum atomic E-state index is -0.408. The first-order valence-corrected chi connectivity index (χ1v) is 6.05. The van der Waals surface area contributed by atoms with Crippen molar-refractivity contribution in [2.45, 2.75) is 4.90 Å². The number of nitro groups is 1. The van der Waals surface area contributed by atoms with E-state index in [0.717, 1.165) is 13.7 Å². The lowest BCUT2D eigenvalue weighted by Gasteiger charge is -1.97. The molecule has 0 saturated carbocycles. The fourth-order valence-corrected chi connectivity index (χ4v) is 3.51. The third kappa shape index (κ3) is 1.51.